The molecule has 2 atom stereocenters. The van der Waals surface area contributed by atoms with Crippen LogP contribution in [0.3, 0.4) is 0 Å². The quantitative estimate of drug-likeness (QED) is 0.834. The lowest BCUT2D eigenvalue weighted by Gasteiger charge is -2.32. The summed E-state index contributed by atoms with van der Waals surface area (Å²) in [5, 5.41) is 3.36. The lowest BCUT2D eigenvalue weighted by Crippen LogP contribution is -2.53. The van der Waals surface area contributed by atoms with Gasteiger partial charge >= 0.3 is 0 Å². The molecule has 23 heavy (non-hydrogen) atoms. The fourth-order valence-corrected chi connectivity index (χ4v) is 5.14. The molecule has 4 nitrogen and oxygen atoms in total. The zero-order valence-electron chi connectivity index (χ0n) is 15.0. The topological polar surface area (TPSA) is 49.4 Å². The van der Waals surface area contributed by atoms with E-state index in [2.05, 4.69) is 19.2 Å². The summed E-state index contributed by atoms with van der Waals surface area (Å²) in [5.74, 6) is 1.37. The maximum atomic E-state index is 12.8. The molecule has 1 aliphatic heterocycles. The molecule has 1 N–H and O–H groups in total. The average molecular weight is 341 g/mol. The molecule has 1 saturated heterocycles. The van der Waals surface area contributed by atoms with Gasteiger partial charge in [-0.3, -0.25) is 9.59 Å². The van der Waals surface area contributed by atoms with E-state index >= 15 is 0 Å². The van der Waals surface area contributed by atoms with Gasteiger partial charge in [-0.2, -0.15) is 0 Å². The highest BCUT2D eigenvalue weighted by Gasteiger charge is 2.42. The summed E-state index contributed by atoms with van der Waals surface area (Å²) in [5.41, 5.74) is 0. The fraction of sp³-hybridized carbons (Fsp3) is 0.889. The molecule has 0 aromatic carbocycles. The molecule has 0 aromatic rings. The standard InChI is InChI=1S/C18H32N2O2S/c1-12(2)10-16-20(18(22)13(3)4)15(11-23-16)17(21)19-14-8-6-5-7-9-14/h12-16H,5-11H2,1-4H3,(H,19,21). The number of thioether (sulfide) groups is 1. The van der Waals surface area contributed by atoms with Crippen molar-refractivity contribution in [1.29, 1.82) is 0 Å². The number of carbonyl (C=O) groups is 2. The van der Waals surface area contributed by atoms with E-state index in [-0.39, 0.29) is 29.1 Å². The van der Waals surface area contributed by atoms with Gasteiger partial charge in [0.05, 0.1) is 5.37 Å². The van der Waals surface area contributed by atoms with Crippen LogP contribution in [0.25, 0.3) is 0 Å². The smallest absolute Gasteiger partial charge is 0.243 e. The van der Waals surface area contributed by atoms with E-state index in [1.165, 1.54) is 19.3 Å². The van der Waals surface area contributed by atoms with Crippen LogP contribution in [-0.2, 0) is 9.59 Å². The lowest BCUT2D eigenvalue weighted by atomic mass is 9.95. The number of amides is 2. The molecule has 2 amide bonds. The van der Waals surface area contributed by atoms with Crippen molar-refractivity contribution in [2.45, 2.75) is 83.7 Å². The molecule has 132 valence electrons. The summed E-state index contributed by atoms with van der Waals surface area (Å²) in [6, 6.07) is 0.0157. The third kappa shape index (κ3) is 4.88. The van der Waals surface area contributed by atoms with Crippen molar-refractivity contribution in [2.24, 2.45) is 11.8 Å². The molecule has 2 unspecified atom stereocenters. The van der Waals surface area contributed by atoms with Crippen LogP contribution in [0.4, 0.5) is 0 Å². The third-order valence-corrected chi connectivity index (χ3v) is 6.08. The average Bonchev–Trinajstić information content (AvgIpc) is 2.90. The van der Waals surface area contributed by atoms with Gasteiger partial charge in [-0.05, 0) is 25.2 Å². The monoisotopic (exact) mass is 340 g/mol. The van der Waals surface area contributed by atoms with Crippen molar-refractivity contribution in [3.8, 4) is 0 Å². The minimum absolute atomic E-state index is 0.0599. The number of carbonyl (C=O) groups excluding carboxylic acids is 2. The van der Waals surface area contributed by atoms with Gasteiger partial charge < -0.3 is 10.2 Å². The van der Waals surface area contributed by atoms with Crippen LogP contribution in [0.2, 0.25) is 0 Å². The molecular formula is C18H32N2O2S. The predicted octanol–water partition coefficient (Wildman–Crippen LogP) is 3.41. The molecule has 1 heterocycles. The molecule has 0 bridgehead atoms. The van der Waals surface area contributed by atoms with Crippen molar-refractivity contribution < 1.29 is 9.59 Å². The molecule has 2 fully saturated rings. The van der Waals surface area contributed by atoms with Crippen molar-refractivity contribution in [3.63, 3.8) is 0 Å². The molecule has 2 rings (SSSR count). The molecule has 1 saturated carbocycles. The maximum absolute atomic E-state index is 12.8. The number of hydrogen-bond acceptors (Lipinski definition) is 3. The minimum atomic E-state index is -0.291. The number of rotatable bonds is 5. The van der Waals surface area contributed by atoms with Crippen LogP contribution in [-0.4, -0.2) is 39.9 Å². The van der Waals surface area contributed by atoms with Crippen LogP contribution < -0.4 is 5.32 Å². The number of hydrogen-bond donors (Lipinski definition) is 1. The molecular weight excluding hydrogens is 308 g/mol. The highest BCUT2D eigenvalue weighted by atomic mass is 32.2. The fourth-order valence-electron chi connectivity index (χ4n) is 3.49. The highest BCUT2D eigenvalue weighted by molar-refractivity contribution is 8.00. The van der Waals surface area contributed by atoms with Gasteiger partial charge in [0, 0.05) is 17.7 Å². The summed E-state index contributed by atoms with van der Waals surface area (Å²) in [6.07, 6.45) is 6.80. The van der Waals surface area contributed by atoms with Crippen molar-refractivity contribution in [3.05, 3.63) is 0 Å². The van der Waals surface area contributed by atoms with Gasteiger partial charge in [0.1, 0.15) is 6.04 Å². The van der Waals surface area contributed by atoms with Crippen molar-refractivity contribution >= 4 is 23.6 Å². The van der Waals surface area contributed by atoms with Gasteiger partial charge in [-0.15, -0.1) is 11.8 Å². The second kappa shape index (κ2) is 8.41. The van der Waals surface area contributed by atoms with E-state index in [0.29, 0.717) is 12.0 Å². The molecule has 1 aliphatic carbocycles. The van der Waals surface area contributed by atoms with Gasteiger partial charge in [-0.1, -0.05) is 47.0 Å². The first-order chi connectivity index (χ1) is 10.9. The van der Waals surface area contributed by atoms with Gasteiger partial charge in [0.25, 0.3) is 0 Å². The summed E-state index contributed by atoms with van der Waals surface area (Å²) < 4.78 is 0. The summed E-state index contributed by atoms with van der Waals surface area (Å²) in [4.78, 5) is 27.3. The largest absolute Gasteiger partial charge is 0.352 e. The molecule has 0 spiro atoms. The highest BCUT2D eigenvalue weighted by Crippen LogP contribution is 2.34. The minimum Gasteiger partial charge on any atom is -0.352 e. The first-order valence-electron chi connectivity index (χ1n) is 9.14. The van der Waals surface area contributed by atoms with Gasteiger partial charge in [-0.25, -0.2) is 0 Å². The second-order valence-electron chi connectivity index (χ2n) is 7.68. The Balaban J connectivity index is 2.05. The van der Waals surface area contributed by atoms with Crippen LogP contribution in [0.5, 0.6) is 0 Å². The van der Waals surface area contributed by atoms with Crippen LogP contribution in [0.15, 0.2) is 0 Å². The predicted molar refractivity (Wildman–Crippen MR) is 96.2 cm³/mol. The van der Waals surface area contributed by atoms with Crippen LogP contribution >= 0.6 is 11.8 Å². The van der Waals surface area contributed by atoms with E-state index in [0.717, 1.165) is 25.0 Å². The zero-order chi connectivity index (χ0) is 17.0. The van der Waals surface area contributed by atoms with Gasteiger partial charge in [0.2, 0.25) is 11.8 Å². The first kappa shape index (κ1) is 18.6. The summed E-state index contributed by atoms with van der Waals surface area (Å²) in [6.45, 7) is 8.20. The van der Waals surface area contributed by atoms with E-state index < -0.39 is 0 Å². The van der Waals surface area contributed by atoms with Crippen molar-refractivity contribution in [2.75, 3.05) is 5.75 Å². The Morgan fingerprint density at radius 1 is 1.13 bits per heavy atom. The Morgan fingerprint density at radius 3 is 2.35 bits per heavy atom. The Labute approximate surface area is 145 Å². The SMILES string of the molecule is CC(C)CC1SCC(C(=O)NC2CCCCC2)N1C(=O)C(C)C. The third-order valence-electron chi connectivity index (χ3n) is 4.77. The van der Waals surface area contributed by atoms with Gasteiger partial charge in [0.15, 0.2) is 0 Å². The normalized spacial score (nSPS) is 26.1. The van der Waals surface area contributed by atoms with E-state index in [1.54, 1.807) is 11.8 Å². The Hall–Kier alpha value is -0.710. The second-order valence-corrected chi connectivity index (χ2v) is 8.89. The number of nitrogens with zero attached hydrogens (tertiary/aromatic N) is 1. The van der Waals surface area contributed by atoms with E-state index in [1.807, 2.05) is 18.7 Å². The number of nitrogens with one attached hydrogen (secondary N) is 1. The van der Waals surface area contributed by atoms with E-state index in [4.69, 9.17) is 0 Å². The molecule has 5 heteroatoms. The molecule has 0 aromatic heterocycles. The molecule has 2 aliphatic rings. The first-order valence-corrected chi connectivity index (χ1v) is 10.2. The summed E-state index contributed by atoms with van der Waals surface area (Å²) >= 11 is 1.77. The van der Waals surface area contributed by atoms with E-state index in [9.17, 15) is 9.59 Å². The molecule has 0 radical (unpaired) electrons. The Morgan fingerprint density at radius 2 is 1.78 bits per heavy atom. The van der Waals surface area contributed by atoms with Crippen LogP contribution in [0.1, 0.15) is 66.2 Å². The van der Waals surface area contributed by atoms with Crippen LogP contribution in [0, 0.1) is 11.8 Å². The zero-order valence-corrected chi connectivity index (χ0v) is 15.8. The Bertz CT molecular complexity index is 419. The maximum Gasteiger partial charge on any atom is 0.243 e. The Kier molecular flexibility index (Phi) is 6.81. The van der Waals surface area contributed by atoms with Crippen molar-refractivity contribution in [1.82, 2.24) is 10.2 Å². The summed E-state index contributed by atoms with van der Waals surface area (Å²) in [7, 11) is 0. The lowest BCUT2D eigenvalue weighted by molar-refractivity contribution is -0.142.